The van der Waals surface area contributed by atoms with Crippen LogP contribution in [0.15, 0.2) is 54.6 Å². The summed E-state index contributed by atoms with van der Waals surface area (Å²) in [5, 5.41) is 3.04. The topological polar surface area (TPSA) is 66.5 Å². The number of carbonyl (C=O) groups excluding carboxylic acids is 1. The first-order valence-electron chi connectivity index (χ1n) is 10.2. The van der Waals surface area contributed by atoms with E-state index in [0.29, 0.717) is 32.5 Å². The molecule has 0 unspecified atom stereocenters. The summed E-state index contributed by atoms with van der Waals surface area (Å²) >= 11 is 0. The zero-order valence-corrected chi connectivity index (χ0v) is 18.0. The van der Waals surface area contributed by atoms with Crippen LogP contribution in [0.5, 0.6) is 0 Å². The van der Waals surface area contributed by atoms with Crippen molar-refractivity contribution in [2.75, 3.05) is 19.6 Å². The van der Waals surface area contributed by atoms with Gasteiger partial charge in [-0.1, -0.05) is 67.1 Å². The Bertz CT molecular complexity index is 920. The zero-order chi connectivity index (χ0) is 20.9. The Morgan fingerprint density at radius 3 is 2.45 bits per heavy atom. The molecule has 156 valence electrons. The van der Waals surface area contributed by atoms with Gasteiger partial charge < -0.3 is 5.32 Å². The Balaban J connectivity index is 1.48. The Kier molecular flexibility index (Phi) is 7.09. The van der Waals surface area contributed by atoms with Crippen LogP contribution in [0.3, 0.4) is 0 Å². The van der Waals surface area contributed by atoms with Crippen LogP contribution in [-0.4, -0.2) is 38.3 Å². The number of hydrogen-bond acceptors (Lipinski definition) is 3. The average molecular weight is 415 g/mol. The van der Waals surface area contributed by atoms with Gasteiger partial charge in [-0.25, -0.2) is 12.7 Å². The van der Waals surface area contributed by atoms with Crippen LogP contribution in [0.25, 0.3) is 0 Å². The molecule has 0 bridgehead atoms. The number of rotatable bonds is 7. The average Bonchev–Trinajstić information content (AvgIpc) is 2.72. The van der Waals surface area contributed by atoms with Gasteiger partial charge in [0.15, 0.2) is 0 Å². The standard InChI is InChI=1S/C23H30N2O3S/c1-18-7-6-8-20(15-18)17-29(27,28)25-13-11-22(12-14-25)23(26)24-16-19(2)21-9-4-3-5-10-21/h3-10,15,19,22H,11-14,16-17H2,1-2H3,(H,24,26)/t19-/m1/s1. The summed E-state index contributed by atoms with van der Waals surface area (Å²) in [7, 11) is -3.36. The Morgan fingerprint density at radius 1 is 1.10 bits per heavy atom. The molecule has 1 atom stereocenters. The summed E-state index contributed by atoms with van der Waals surface area (Å²) in [5.41, 5.74) is 3.06. The van der Waals surface area contributed by atoms with E-state index in [9.17, 15) is 13.2 Å². The van der Waals surface area contributed by atoms with Crippen molar-refractivity contribution in [2.24, 2.45) is 5.92 Å². The molecular weight excluding hydrogens is 384 g/mol. The number of aryl methyl sites for hydroxylation is 1. The molecule has 1 amide bonds. The summed E-state index contributed by atoms with van der Waals surface area (Å²) in [6.07, 6.45) is 1.14. The van der Waals surface area contributed by atoms with E-state index in [4.69, 9.17) is 0 Å². The predicted octanol–water partition coefficient (Wildman–Crippen LogP) is 3.46. The van der Waals surface area contributed by atoms with Crippen molar-refractivity contribution in [1.29, 1.82) is 0 Å². The van der Waals surface area contributed by atoms with Crippen LogP contribution < -0.4 is 5.32 Å². The molecule has 6 heteroatoms. The van der Waals surface area contributed by atoms with Crippen LogP contribution in [0.2, 0.25) is 0 Å². The molecule has 0 saturated carbocycles. The molecule has 1 saturated heterocycles. The van der Waals surface area contributed by atoms with Gasteiger partial charge in [-0.15, -0.1) is 0 Å². The van der Waals surface area contributed by atoms with E-state index in [1.54, 1.807) is 0 Å². The normalized spacial score (nSPS) is 17.0. The van der Waals surface area contributed by atoms with Gasteiger partial charge in [0.25, 0.3) is 0 Å². The summed E-state index contributed by atoms with van der Waals surface area (Å²) in [5.74, 6) is 0.169. The minimum Gasteiger partial charge on any atom is -0.355 e. The molecule has 2 aromatic carbocycles. The summed E-state index contributed by atoms with van der Waals surface area (Å²) in [6.45, 7) is 5.45. The largest absolute Gasteiger partial charge is 0.355 e. The maximum Gasteiger partial charge on any atom is 0.223 e. The number of benzene rings is 2. The summed E-state index contributed by atoms with van der Waals surface area (Å²) in [4.78, 5) is 12.5. The molecule has 0 aliphatic carbocycles. The van der Waals surface area contributed by atoms with Crippen molar-refractivity contribution < 1.29 is 13.2 Å². The SMILES string of the molecule is Cc1cccc(CS(=O)(=O)N2CCC(C(=O)NC[C@@H](C)c3ccccc3)CC2)c1. The number of nitrogens with one attached hydrogen (secondary N) is 1. The van der Waals surface area contributed by atoms with Crippen molar-refractivity contribution in [2.45, 2.75) is 38.4 Å². The van der Waals surface area contributed by atoms with Crippen molar-refractivity contribution in [3.05, 3.63) is 71.3 Å². The van der Waals surface area contributed by atoms with Crippen LogP contribution in [0.1, 0.15) is 42.4 Å². The molecular formula is C23H30N2O3S. The molecule has 1 aliphatic rings. The molecule has 1 fully saturated rings. The molecule has 5 nitrogen and oxygen atoms in total. The van der Waals surface area contributed by atoms with E-state index >= 15 is 0 Å². The Morgan fingerprint density at radius 2 is 1.79 bits per heavy atom. The van der Waals surface area contributed by atoms with Gasteiger partial charge in [-0.3, -0.25) is 4.79 Å². The van der Waals surface area contributed by atoms with E-state index in [0.717, 1.165) is 11.1 Å². The Labute approximate surface area is 174 Å². The lowest BCUT2D eigenvalue weighted by atomic mass is 9.96. The maximum absolute atomic E-state index is 12.7. The highest BCUT2D eigenvalue weighted by Crippen LogP contribution is 2.22. The summed E-state index contributed by atoms with van der Waals surface area (Å²) < 4.78 is 27.0. The number of nitrogens with zero attached hydrogens (tertiary/aromatic N) is 1. The number of amides is 1. The smallest absolute Gasteiger partial charge is 0.223 e. The first-order chi connectivity index (χ1) is 13.8. The van der Waals surface area contributed by atoms with Crippen LogP contribution in [0, 0.1) is 12.8 Å². The lowest BCUT2D eigenvalue weighted by Gasteiger charge is -2.30. The zero-order valence-electron chi connectivity index (χ0n) is 17.2. The van der Waals surface area contributed by atoms with Crippen LogP contribution >= 0.6 is 0 Å². The molecule has 0 spiro atoms. The third kappa shape index (κ3) is 5.90. The van der Waals surface area contributed by atoms with Gasteiger partial charge in [-0.05, 0) is 36.8 Å². The van der Waals surface area contributed by atoms with Crippen molar-refractivity contribution >= 4 is 15.9 Å². The molecule has 0 radical (unpaired) electrons. The fourth-order valence-corrected chi connectivity index (χ4v) is 5.35. The van der Waals surface area contributed by atoms with E-state index in [1.807, 2.05) is 49.4 Å². The number of hydrogen-bond donors (Lipinski definition) is 1. The quantitative estimate of drug-likeness (QED) is 0.755. The predicted molar refractivity (Wildman–Crippen MR) is 116 cm³/mol. The van der Waals surface area contributed by atoms with Crippen molar-refractivity contribution in [3.63, 3.8) is 0 Å². The fourth-order valence-electron chi connectivity index (χ4n) is 3.80. The van der Waals surface area contributed by atoms with Gasteiger partial charge in [-0.2, -0.15) is 0 Å². The first-order valence-corrected chi connectivity index (χ1v) is 11.8. The lowest BCUT2D eigenvalue weighted by molar-refractivity contribution is -0.126. The molecule has 1 aliphatic heterocycles. The van der Waals surface area contributed by atoms with E-state index in [2.05, 4.69) is 24.4 Å². The van der Waals surface area contributed by atoms with Crippen LogP contribution in [-0.2, 0) is 20.6 Å². The number of carbonyl (C=O) groups is 1. The highest BCUT2D eigenvalue weighted by Gasteiger charge is 2.31. The molecule has 29 heavy (non-hydrogen) atoms. The molecule has 1 heterocycles. The molecule has 2 aromatic rings. The van der Waals surface area contributed by atoms with Gasteiger partial charge in [0.1, 0.15) is 0 Å². The fraction of sp³-hybridized carbons (Fsp3) is 0.435. The number of sulfonamides is 1. The minimum atomic E-state index is -3.36. The van der Waals surface area contributed by atoms with E-state index < -0.39 is 10.0 Å². The van der Waals surface area contributed by atoms with E-state index in [1.165, 1.54) is 9.87 Å². The maximum atomic E-state index is 12.7. The van der Waals surface area contributed by atoms with E-state index in [-0.39, 0.29) is 23.5 Å². The highest BCUT2D eigenvalue weighted by atomic mass is 32.2. The summed E-state index contributed by atoms with van der Waals surface area (Å²) in [6, 6.07) is 17.7. The van der Waals surface area contributed by atoms with Gasteiger partial charge in [0.05, 0.1) is 5.75 Å². The minimum absolute atomic E-state index is 0.0140. The Hall–Kier alpha value is -2.18. The molecule has 1 N–H and O–H groups in total. The second-order valence-corrected chi connectivity index (χ2v) is 9.94. The van der Waals surface area contributed by atoms with Gasteiger partial charge in [0.2, 0.25) is 15.9 Å². The number of piperidine rings is 1. The molecule has 0 aromatic heterocycles. The van der Waals surface area contributed by atoms with Crippen molar-refractivity contribution in [1.82, 2.24) is 9.62 Å². The third-order valence-electron chi connectivity index (χ3n) is 5.60. The van der Waals surface area contributed by atoms with Gasteiger partial charge in [0, 0.05) is 25.6 Å². The van der Waals surface area contributed by atoms with Crippen molar-refractivity contribution in [3.8, 4) is 0 Å². The monoisotopic (exact) mass is 414 g/mol. The highest BCUT2D eigenvalue weighted by molar-refractivity contribution is 7.88. The van der Waals surface area contributed by atoms with Gasteiger partial charge >= 0.3 is 0 Å². The third-order valence-corrected chi connectivity index (χ3v) is 7.45. The second-order valence-electron chi connectivity index (χ2n) is 7.98. The van der Waals surface area contributed by atoms with Crippen LogP contribution in [0.4, 0.5) is 0 Å². The lowest BCUT2D eigenvalue weighted by Crippen LogP contribution is -2.43. The second kappa shape index (κ2) is 9.55. The first kappa shape index (κ1) is 21.5. The molecule has 3 rings (SSSR count).